The zero-order valence-corrected chi connectivity index (χ0v) is 15.5. The van der Waals surface area contributed by atoms with Gasteiger partial charge in [-0.25, -0.2) is 4.39 Å². The van der Waals surface area contributed by atoms with E-state index >= 15 is 0 Å². The molecule has 3 nitrogen and oxygen atoms in total. The molecule has 3 aliphatic heterocycles. The van der Waals surface area contributed by atoms with Gasteiger partial charge >= 0.3 is 0 Å². The van der Waals surface area contributed by atoms with Gasteiger partial charge in [-0.1, -0.05) is 12.1 Å². The van der Waals surface area contributed by atoms with E-state index in [1.165, 1.54) is 16.8 Å². The molecule has 2 unspecified atom stereocenters. The molecule has 140 valence electrons. The summed E-state index contributed by atoms with van der Waals surface area (Å²) < 4.78 is 13.2. The lowest BCUT2D eigenvalue weighted by atomic mass is 9.84. The van der Waals surface area contributed by atoms with Gasteiger partial charge in [0, 0.05) is 29.9 Å². The number of benzene rings is 2. The number of hydrogen-bond donors (Lipinski definition) is 1. The average molecular weight is 364 g/mol. The zero-order chi connectivity index (χ0) is 18.4. The molecule has 2 aromatic carbocycles. The van der Waals surface area contributed by atoms with Crippen molar-refractivity contribution < 1.29 is 9.18 Å². The van der Waals surface area contributed by atoms with E-state index in [0.717, 1.165) is 50.6 Å². The summed E-state index contributed by atoms with van der Waals surface area (Å²) in [5.41, 5.74) is 4.48. The number of piperidine rings is 1. The third-order valence-electron chi connectivity index (χ3n) is 6.60. The van der Waals surface area contributed by atoms with Crippen LogP contribution < -0.4 is 5.32 Å². The van der Waals surface area contributed by atoms with Crippen LogP contribution in [0.25, 0.3) is 0 Å². The van der Waals surface area contributed by atoms with Crippen molar-refractivity contribution in [2.45, 2.75) is 56.5 Å². The number of nitrogens with one attached hydrogen (secondary N) is 1. The maximum Gasteiger partial charge on any atom is 0.254 e. The third kappa shape index (κ3) is 3.01. The summed E-state index contributed by atoms with van der Waals surface area (Å²) in [6.45, 7) is 1.02. The van der Waals surface area contributed by atoms with Crippen LogP contribution in [0.4, 0.5) is 10.1 Å². The molecular formula is C23H25FN2O. The number of aryl methyl sites for hydroxylation is 1. The fourth-order valence-corrected chi connectivity index (χ4v) is 5.27. The molecule has 0 spiro atoms. The fourth-order valence-electron chi connectivity index (χ4n) is 5.27. The summed E-state index contributed by atoms with van der Waals surface area (Å²) in [5, 5.41) is 3.41. The summed E-state index contributed by atoms with van der Waals surface area (Å²) >= 11 is 0. The smallest absolute Gasteiger partial charge is 0.254 e. The minimum atomic E-state index is -0.184. The SMILES string of the molecule is O=C(c1ccc2c(c1)CCCN2)N1C2CCC1CC(c1ccc(F)cc1)C2. The normalized spacial score (nSPS) is 26.4. The third-order valence-corrected chi connectivity index (χ3v) is 6.60. The number of carbonyl (C=O) groups is 1. The monoisotopic (exact) mass is 364 g/mol. The lowest BCUT2D eigenvalue weighted by molar-refractivity contribution is 0.0571. The number of anilines is 1. The van der Waals surface area contributed by atoms with Gasteiger partial charge in [0.15, 0.2) is 0 Å². The number of rotatable bonds is 2. The van der Waals surface area contributed by atoms with Gasteiger partial charge < -0.3 is 10.2 Å². The van der Waals surface area contributed by atoms with Crippen LogP contribution in [0, 0.1) is 5.82 Å². The lowest BCUT2D eigenvalue weighted by Crippen LogP contribution is -2.46. The number of hydrogen-bond acceptors (Lipinski definition) is 2. The Labute approximate surface area is 159 Å². The van der Waals surface area contributed by atoms with Crippen LogP contribution in [0.1, 0.15) is 59.5 Å². The molecule has 3 aliphatic rings. The summed E-state index contributed by atoms with van der Waals surface area (Å²) in [5.74, 6) is 0.435. The molecule has 3 heterocycles. The van der Waals surface area contributed by atoms with Gasteiger partial charge in [0.2, 0.25) is 0 Å². The Hall–Kier alpha value is -2.36. The Morgan fingerprint density at radius 2 is 1.78 bits per heavy atom. The van der Waals surface area contributed by atoms with E-state index in [1.807, 2.05) is 18.2 Å². The van der Waals surface area contributed by atoms with Crippen LogP contribution in [-0.4, -0.2) is 29.4 Å². The highest BCUT2D eigenvalue weighted by Gasteiger charge is 2.43. The van der Waals surface area contributed by atoms with Crippen molar-refractivity contribution in [3.05, 3.63) is 65.0 Å². The van der Waals surface area contributed by atoms with E-state index in [-0.39, 0.29) is 11.7 Å². The van der Waals surface area contributed by atoms with Crippen molar-refractivity contribution in [2.75, 3.05) is 11.9 Å². The number of halogens is 1. The van der Waals surface area contributed by atoms with Crippen molar-refractivity contribution >= 4 is 11.6 Å². The summed E-state index contributed by atoms with van der Waals surface area (Å²) in [4.78, 5) is 15.4. The first-order valence-electron chi connectivity index (χ1n) is 10.1. The Morgan fingerprint density at radius 1 is 1.04 bits per heavy atom. The highest BCUT2D eigenvalue weighted by molar-refractivity contribution is 5.95. The van der Waals surface area contributed by atoms with Crippen LogP contribution in [0.2, 0.25) is 0 Å². The minimum absolute atomic E-state index is 0.184. The van der Waals surface area contributed by atoms with Gasteiger partial charge in [0.1, 0.15) is 5.82 Å². The van der Waals surface area contributed by atoms with Crippen molar-refractivity contribution in [3.8, 4) is 0 Å². The minimum Gasteiger partial charge on any atom is -0.385 e. The first kappa shape index (κ1) is 16.8. The van der Waals surface area contributed by atoms with Gasteiger partial charge in [-0.2, -0.15) is 0 Å². The van der Waals surface area contributed by atoms with E-state index in [4.69, 9.17) is 0 Å². The standard InChI is InChI=1S/C23H25FN2O/c24-19-6-3-15(4-7-19)18-13-20-8-9-21(14-18)26(20)23(27)17-5-10-22-16(12-17)2-1-11-25-22/h3-7,10,12,18,20-21,25H,1-2,8-9,11,13-14H2. The van der Waals surface area contributed by atoms with E-state index in [2.05, 4.69) is 22.3 Å². The molecule has 0 aliphatic carbocycles. The lowest BCUT2D eigenvalue weighted by Gasteiger charge is -2.39. The van der Waals surface area contributed by atoms with E-state index in [9.17, 15) is 9.18 Å². The van der Waals surface area contributed by atoms with Gasteiger partial charge in [-0.3, -0.25) is 4.79 Å². The van der Waals surface area contributed by atoms with E-state index in [0.29, 0.717) is 18.0 Å². The van der Waals surface area contributed by atoms with E-state index in [1.54, 1.807) is 12.1 Å². The molecule has 1 amide bonds. The van der Waals surface area contributed by atoms with Crippen molar-refractivity contribution in [3.63, 3.8) is 0 Å². The summed E-state index contributed by atoms with van der Waals surface area (Å²) in [6, 6.07) is 13.7. The molecule has 27 heavy (non-hydrogen) atoms. The number of fused-ring (bicyclic) bond motifs is 3. The summed E-state index contributed by atoms with van der Waals surface area (Å²) in [7, 11) is 0. The second-order valence-corrected chi connectivity index (χ2v) is 8.22. The number of amides is 1. The Bertz CT molecular complexity index is 849. The highest BCUT2D eigenvalue weighted by Crippen LogP contribution is 2.43. The van der Waals surface area contributed by atoms with Crippen LogP contribution in [0.5, 0.6) is 0 Å². The Balaban J connectivity index is 1.36. The molecule has 1 N–H and O–H groups in total. The first-order chi connectivity index (χ1) is 13.2. The topological polar surface area (TPSA) is 32.3 Å². The van der Waals surface area contributed by atoms with Crippen LogP contribution in [0.3, 0.4) is 0 Å². The fraction of sp³-hybridized carbons (Fsp3) is 0.435. The largest absolute Gasteiger partial charge is 0.385 e. The molecule has 2 bridgehead atoms. The Morgan fingerprint density at radius 3 is 2.52 bits per heavy atom. The zero-order valence-electron chi connectivity index (χ0n) is 15.5. The quantitative estimate of drug-likeness (QED) is 0.835. The first-order valence-corrected chi connectivity index (χ1v) is 10.1. The maximum absolute atomic E-state index is 13.3. The maximum atomic E-state index is 13.3. The molecular weight excluding hydrogens is 339 g/mol. The van der Waals surface area contributed by atoms with Crippen molar-refractivity contribution in [1.29, 1.82) is 0 Å². The van der Waals surface area contributed by atoms with Crippen LogP contribution in [0.15, 0.2) is 42.5 Å². The highest BCUT2D eigenvalue weighted by atomic mass is 19.1. The number of carbonyl (C=O) groups excluding carboxylic acids is 1. The van der Waals surface area contributed by atoms with Crippen LogP contribution in [-0.2, 0) is 6.42 Å². The van der Waals surface area contributed by atoms with E-state index < -0.39 is 0 Å². The average Bonchev–Trinajstić information content (AvgIpc) is 2.97. The molecule has 2 aromatic rings. The van der Waals surface area contributed by atoms with Gasteiger partial charge in [-0.05, 0) is 85.9 Å². The number of nitrogens with zero attached hydrogens (tertiary/aromatic N) is 1. The van der Waals surface area contributed by atoms with Gasteiger partial charge in [0.05, 0.1) is 0 Å². The second kappa shape index (κ2) is 6.66. The van der Waals surface area contributed by atoms with Crippen molar-refractivity contribution in [2.24, 2.45) is 0 Å². The van der Waals surface area contributed by atoms with Crippen molar-refractivity contribution in [1.82, 2.24) is 4.90 Å². The summed E-state index contributed by atoms with van der Waals surface area (Å²) in [6.07, 6.45) is 6.31. The van der Waals surface area contributed by atoms with Gasteiger partial charge in [-0.15, -0.1) is 0 Å². The Kier molecular flexibility index (Phi) is 4.14. The molecule has 2 saturated heterocycles. The predicted molar refractivity (Wildman–Crippen MR) is 105 cm³/mol. The molecule has 5 rings (SSSR count). The predicted octanol–water partition coefficient (Wildman–Crippen LogP) is 4.73. The molecule has 0 saturated carbocycles. The molecule has 0 aromatic heterocycles. The molecule has 2 atom stereocenters. The molecule has 4 heteroatoms. The van der Waals surface area contributed by atoms with Crippen LogP contribution >= 0.6 is 0 Å². The molecule has 2 fully saturated rings. The molecule has 0 radical (unpaired) electrons. The van der Waals surface area contributed by atoms with Gasteiger partial charge in [0.25, 0.3) is 5.91 Å². The second-order valence-electron chi connectivity index (χ2n) is 8.22.